The molecule has 0 bridgehead atoms. The summed E-state index contributed by atoms with van der Waals surface area (Å²) in [6.07, 6.45) is 1.44. The van der Waals surface area contributed by atoms with Crippen LogP contribution in [0.4, 0.5) is 16.2 Å². The van der Waals surface area contributed by atoms with Gasteiger partial charge >= 0.3 is 10.1 Å². The number of amides is 2. The molecule has 1 heterocycles. The van der Waals surface area contributed by atoms with E-state index < -0.39 is 36.8 Å². The Kier molecular flexibility index (Phi) is 7.02. The molecule has 0 saturated carbocycles. The third kappa shape index (κ3) is 5.05. The first-order chi connectivity index (χ1) is 17.1. The van der Waals surface area contributed by atoms with E-state index in [0.717, 1.165) is 28.8 Å². The highest BCUT2D eigenvalue weighted by Crippen LogP contribution is 2.38. The zero-order valence-corrected chi connectivity index (χ0v) is 20.7. The number of nitro benzene ring substituents is 1. The summed E-state index contributed by atoms with van der Waals surface area (Å²) in [4.78, 5) is 36.2. The van der Waals surface area contributed by atoms with Crippen molar-refractivity contribution in [3.8, 4) is 11.5 Å². The minimum atomic E-state index is -4.57. The number of anilines is 1. The predicted octanol–water partition coefficient (Wildman–Crippen LogP) is 5.27. The van der Waals surface area contributed by atoms with Crippen molar-refractivity contribution in [1.82, 2.24) is 0 Å². The number of benzene rings is 3. The molecule has 1 aliphatic rings. The second kappa shape index (κ2) is 10.0. The van der Waals surface area contributed by atoms with E-state index >= 15 is 0 Å². The largest absolute Gasteiger partial charge is 0.493 e. The third-order valence-electron chi connectivity index (χ3n) is 4.88. The van der Waals surface area contributed by atoms with Crippen molar-refractivity contribution in [3.63, 3.8) is 0 Å². The molecule has 10 nitrogen and oxygen atoms in total. The average molecular weight is 547 g/mol. The molecular weight excluding hydrogens is 532 g/mol. The van der Waals surface area contributed by atoms with Crippen LogP contribution in [0.2, 0.25) is 5.02 Å². The molecule has 0 unspecified atom stereocenters. The standard InChI is InChI=1S/C23H15ClN2O8S2/c1-33-19-11-14(12-20-22(27)25(23(28)35-20)16-6-4-5-15(24)13-16)9-10-18(19)34-36(31,32)21-8-3-2-7-17(21)26(29)30/h2-13H,1H3/b20-12+. The maximum Gasteiger partial charge on any atom is 0.346 e. The van der Waals surface area contributed by atoms with Crippen molar-refractivity contribution in [2.45, 2.75) is 4.90 Å². The number of carbonyl (C=O) groups excluding carboxylic acids is 2. The Balaban J connectivity index is 1.62. The molecule has 1 saturated heterocycles. The van der Waals surface area contributed by atoms with Crippen molar-refractivity contribution < 1.29 is 31.9 Å². The Morgan fingerprint density at radius 1 is 1.03 bits per heavy atom. The van der Waals surface area contributed by atoms with E-state index in [1.165, 1.54) is 49.6 Å². The molecule has 0 aliphatic carbocycles. The molecule has 2 amide bonds. The highest BCUT2D eigenvalue weighted by atomic mass is 35.5. The lowest BCUT2D eigenvalue weighted by Gasteiger charge is -2.12. The summed E-state index contributed by atoms with van der Waals surface area (Å²) < 4.78 is 35.8. The van der Waals surface area contributed by atoms with E-state index in [2.05, 4.69) is 0 Å². The summed E-state index contributed by atoms with van der Waals surface area (Å²) >= 11 is 6.70. The number of imide groups is 1. The van der Waals surface area contributed by atoms with Gasteiger partial charge in [-0.05, 0) is 59.8 Å². The molecule has 13 heteroatoms. The zero-order chi connectivity index (χ0) is 26.0. The van der Waals surface area contributed by atoms with Gasteiger partial charge in [0.1, 0.15) is 0 Å². The van der Waals surface area contributed by atoms with E-state index in [1.807, 2.05) is 0 Å². The molecule has 0 N–H and O–H groups in total. The number of nitro groups is 1. The van der Waals surface area contributed by atoms with Crippen LogP contribution >= 0.6 is 23.4 Å². The fourth-order valence-electron chi connectivity index (χ4n) is 3.28. The number of carbonyl (C=O) groups is 2. The number of hydrogen-bond donors (Lipinski definition) is 0. The molecule has 0 aromatic heterocycles. The molecule has 3 aromatic carbocycles. The van der Waals surface area contributed by atoms with Crippen molar-refractivity contribution in [3.05, 3.63) is 92.3 Å². The topological polar surface area (TPSA) is 133 Å². The van der Waals surface area contributed by atoms with Crippen LogP contribution in [0, 0.1) is 10.1 Å². The maximum absolute atomic E-state index is 12.9. The Bertz CT molecular complexity index is 1540. The zero-order valence-electron chi connectivity index (χ0n) is 18.3. The van der Waals surface area contributed by atoms with Crippen molar-refractivity contribution in [2.24, 2.45) is 0 Å². The quantitative estimate of drug-likeness (QED) is 0.168. The van der Waals surface area contributed by atoms with Crippen LogP contribution in [0.15, 0.2) is 76.5 Å². The van der Waals surface area contributed by atoms with Crippen molar-refractivity contribution >= 4 is 62.1 Å². The lowest BCUT2D eigenvalue weighted by atomic mass is 10.2. The summed E-state index contributed by atoms with van der Waals surface area (Å²) in [7, 11) is -3.30. The van der Waals surface area contributed by atoms with Crippen LogP contribution in [-0.4, -0.2) is 31.6 Å². The minimum absolute atomic E-state index is 0.0139. The third-order valence-corrected chi connectivity index (χ3v) is 7.26. The van der Waals surface area contributed by atoms with Crippen LogP contribution < -0.4 is 13.8 Å². The van der Waals surface area contributed by atoms with Crippen LogP contribution in [0.25, 0.3) is 6.08 Å². The van der Waals surface area contributed by atoms with Gasteiger partial charge in [-0.3, -0.25) is 19.7 Å². The Morgan fingerprint density at radius 3 is 2.47 bits per heavy atom. The number of hydrogen-bond acceptors (Lipinski definition) is 9. The number of methoxy groups -OCH3 is 1. The van der Waals surface area contributed by atoms with Crippen LogP contribution in [0.1, 0.15) is 5.56 Å². The van der Waals surface area contributed by atoms with Gasteiger partial charge in [-0.15, -0.1) is 0 Å². The molecular formula is C23H15ClN2O8S2. The number of ether oxygens (including phenoxy) is 1. The molecule has 0 spiro atoms. The van der Waals surface area contributed by atoms with E-state index in [4.69, 9.17) is 20.5 Å². The molecule has 0 radical (unpaired) electrons. The molecule has 184 valence electrons. The van der Waals surface area contributed by atoms with E-state index in [1.54, 1.807) is 18.2 Å². The fourth-order valence-corrected chi connectivity index (χ4v) is 5.42. The summed E-state index contributed by atoms with van der Waals surface area (Å²) in [5.41, 5.74) is 0.109. The lowest BCUT2D eigenvalue weighted by Crippen LogP contribution is -2.27. The van der Waals surface area contributed by atoms with Gasteiger partial charge in [0.15, 0.2) is 16.4 Å². The van der Waals surface area contributed by atoms with Gasteiger partial charge in [0, 0.05) is 11.1 Å². The van der Waals surface area contributed by atoms with Gasteiger partial charge in [0.2, 0.25) is 0 Å². The SMILES string of the molecule is COc1cc(/C=C2/SC(=O)N(c3cccc(Cl)c3)C2=O)ccc1OS(=O)(=O)c1ccccc1[N+](=O)[O-]. The number of halogens is 1. The molecule has 1 fully saturated rings. The second-order valence-corrected chi connectivity index (χ2v) is 10.1. The second-order valence-electron chi connectivity index (χ2n) is 7.17. The van der Waals surface area contributed by atoms with Gasteiger partial charge in [0.05, 0.1) is 22.6 Å². The molecule has 36 heavy (non-hydrogen) atoms. The van der Waals surface area contributed by atoms with Crippen molar-refractivity contribution in [2.75, 3.05) is 12.0 Å². The number of thioether (sulfide) groups is 1. The van der Waals surface area contributed by atoms with E-state index in [-0.39, 0.29) is 16.4 Å². The highest BCUT2D eigenvalue weighted by molar-refractivity contribution is 8.19. The van der Waals surface area contributed by atoms with Crippen LogP contribution in [0.5, 0.6) is 11.5 Å². The lowest BCUT2D eigenvalue weighted by molar-refractivity contribution is -0.387. The van der Waals surface area contributed by atoms with Gasteiger partial charge in [0.25, 0.3) is 16.8 Å². The Hall–Kier alpha value is -3.87. The maximum atomic E-state index is 12.9. The minimum Gasteiger partial charge on any atom is -0.493 e. The molecule has 3 aromatic rings. The first-order valence-corrected chi connectivity index (χ1v) is 12.6. The number of para-hydroxylation sites is 1. The van der Waals surface area contributed by atoms with Gasteiger partial charge in [-0.2, -0.15) is 8.42 Å². The summed E-state index contributed by atoms with van der Waals surface area (Å²) in [5, 5.41) is 11.1. The van der Waals surface area contributed by atoms with Crippen LogP contribution in [-0.2, 0) is 14.9 Å². The molecule has 1 aliphatic heterocycles. The van der Waals surface area contributed by atoms with Gasteiger partial charge in [-0.25, -0.2) is 4.90 Å². The predicted molar refractivity (Wildman–Crippen MR) is 134 cm³/mol. The summed E-state index contributed by atoms with van der Waals surface area (Å²) in [6, 6.07) is 15.2. The molecule has 0 atom stereocenters. The van der Waals surface area contributed by atoms with Crippen LogP contribution in [0.3, 0.4) is 0 Å². The summed E-state index contributed by atoms with van der Waals surface area (Å²) in [5.74, 6) is -0.787. The normalized spacial score (nSPS) is 14.8. The smallest absolute Gasteiger partial charge is 0.346 e. The monoisotopic (exact) mass is 546 g/mol. The van der Waals surface area contributed by atoms with Gasteiger partial charge in [-0.1, -0.05) is 35.9 Å². The number of rotatable bonds is 7. The number of nitrogens with zero attached hydrogens (tertiary/aromatic N) is 2. The Morgan fingerprint density at radius 2 is 1.78 bits per heavy atom. The average Bonchev–Trinajstić information content (AvgIpc) is 3.12. The van der Waals surface area contributed by atoms with E-state index in [9.17, 15) is 28.1 Å². The summed E-state index contributed by atoms with van der Waals surface area (Å²) in [6.45, 7) is 0. The first-order valence-electron chi connectivity index (χ1n) is 10.00. The van der Waals surface area contributed by atoms with Gasteiger partial charge < -0.3 is 8.92 Å². The fraction of sp³-hybridized carbons (Fsp3) is 0.0435. The Labute approximate surface area is 214 Å². The van der Waals surface area contributed by atoms with Crippen molar-refractivity contribution in [1.29, 1.82) is 0 Å². The highest BCUT2D eigenvalue weighted by Gasteiger charge is 2.36. The molecule has 4 rings (SSSR count). The van der Waals surface area contributed by atoms with E-state index in [0.29, 0.717) is 16.3 Å². The first kappa shape index (κ1) is 25.2.